The Morgan fingerprint density at radius 1 is 0.889 bits per heavy atom. The standard InChI is InChI=1S/C21H44NO4P/c1-7-11-15-22(20(23)18-25-5)21(14-10-4,19-26-6)27(24,16-12-8-2)17-13-9-3/h7-19H2,1-6H3. The molecule has 1 amide bonds. The molecule has 0 aliphatic rings. The van der Waals surface area contributed by atoms with E-state index in [-0.39, 0.29) is 12.5 Å². The summed E-state index contributed by atoms with van der Waals surface area (Å²) >= 11 is 0. The number of rotatable bonds is 17. The maximum atomic E-state index is 14.5. The van der Waals surface area contributed by atoms with Crippen LogP contribution in [0.4, 0.5) is 0 Å². The van der Waals surface area contributed by atoms with Gasteiger partial charge in [0.15, 0.2) is 0 Å². The molecule has 0 aliphatic carbocycles. The van der Waals surface area contributed by atoms with Crippen LogP contribution < -0.4 is 0 Å². The van der Waals surface area contributed by atoms with Gasteiger partial charge in [-0.3, -0.25) is 4.79 Å². The molecule has 0 fully saturated rings. The van der Waals surface area contributed by atoms with Gasteiger partial charge in [-0.05, 0) is 25.7 Å². The van der Waals surface area contributed by atoms with Gasteiger partial charge in [-0.15, -0.1) is 0 Å². The molecule has 27 heavy (non-hydrogen) atoms. The van der Waals surface area contributed by atoms with Gasteiger partial charge < -0.3 is 18.9 Å². The van der Waals surface area contributed by atoms with E-state index >= 15 is 0 Å². The summed E-state index contributed by atoms with van der Waals surface area (Å²) < 4.78 is 25.3. The highest BCUT2D eigenvalue weighted by atomic mass is 31.2. The van der Waals surface area contributed by atoms with E-state index < -0.39 is 12.4 Å². The summed E-state index contributed by atoms with van der Waals surface area (Å²) in [6.07, 6.45) is 8.71. The zero-order valence-corrected chi connectivity index (χ0v) is 19.6. The van der Waals surface area contributed by atoms with Gasteiger partial charge in [0.2, 0.25) is 5.91 Å². The number of carbonyl (C=O) groups is 1. The fourth-order valence-electron chi connectivity index (χ4n) is 3.90. The van der Waals surface area contributed by atoms with Crippen LogP contribution in [-0.4, -0.2) is 62.4 Å². The van der Waals surface area contributed by atoms with E-state index in [9.17, 15) is 9.36 Å². The van der Waals surface area contributed by atoms with Gasteiger partial charge in [-0.2, -0.15) is 0 Å². The van der Waals surface area contributed by atoms with Crippen molar-refractivity contribution in [1.29, 1.82) is 0 Å². The second kappa shape index (κ2) is 14.6. The summed E-state index contributed by atoms with van der Waals surface area (Å²) in [5, 5.41) is -0.717. The molecule has 0 saturated heterocycles. The Hall–Kier alpha value is -0.380. The molecule has 5 nitrogen and oxygen atoms in total. The van der Waals surface area contributed by atoms with E-state index in [1.54, 1.807) is 14.2 Å². The second-order valence-electron chi connectivity index (χ2n) is 7.54. The number of nitrogens with zero attached hydrogens (tertiary/aromatic N) is 1. The highest BCUT2D eigenvalue weighted by Crippen LogP contribution is 2.62. The molecule has 0 aromatic heterocycles. The minimum Gasteiger partial charge on any atom is -0.382 e. The smallest absolute Gasteiger partial charge is 0.249 e. The van der Waals surface area contributed by atoms with Gasteiger partial charge in [0.05, 0.1) is 6.61 Å². The van der Waals surface area contributed by atoms with Crippen LogP contribution in [0.25, 0.3) is 0 Å². The van der Waals surface area contributed by atoms with Crippen molar-refractivity contribution in [3.8, 4) is 0 Å². The molecule has 0 N–H and O–H groups in total. The fraction of sp³-hybridized carbons (Fsp3) is 0.952. The van der Waals surface area contributed by atoms with E-state index in [4.69, 9.17) is 9.47 Å². The molecule has 0 saturated carbocycles. The van der Waals surface area contributed by atoms with Crippen molar-refractivity contribution in [3.63, 3.8) is 0 Å². The molecule has 1 atom stereocenters. The van der Waals surface area contributed by atoms with E-state index in [1.165, 1.54) is 0 Å². The Balaban J connectivity index is 6.30. The lowest BCUT2D eigenvalue weighted by Crippen LogP contribution is -2.56. The van der Waals surface area contributed by atoms with Crippen molar-refractivity contribution in [3.05, 3.63) is 0 Å². The van der Waals surface area contributed by atoms with Gasteiger partial charge in [-0.25, -0.2) is 0 Å². The van der Waals surface area contributed by atoms with Gasteiger partial charge >= 0.3 is 0 Å². The minimum absolute atomic E-state index is 0.0282. The number of hydrogen-bond donors (Lipinski definition) is 0. The third-order valence-electron chi connectivity index (χ3n) is 5.34. The molecular weight excluding hydrogens is 361 g/mol. The highest BCUT2D eigenvalue weighted by Gasteiger charge is 2.52. The summed E-state index contributed by atoms with van der Waals surface area (Å²) in [7, 11) is 0.527. The van der Waals surface area contributed by atoms with E-state index in [0.29, 0.717) is 31.9 Å². The van der Waals surface area contributed by atoms with Gasteiger partial charge in [0.1, 0.15) is 19.0 Å². The number of amides is 1. The predicted octanol–water partition coefficient (Wildman–Crippen LogP) is 5.37. The topological polar surface area (TPSA) is 55.8 Å². The number of ether oxygens (including phenoxy) is 2. The molecule has 0 bridgehead atoms. The number of carbonyl (C=O) groups excluding carboxylic acids is 1. The van der Waals surface area contributed by atoms with Crippen molar-refractivity contribution in [2.24, 2.45) is 0 Å². The molecular formula is C21H44NO4P. The van der Waals surface area contributed by atoms with E-state index in [2.05, 4.69) is 27.7 Å². The second-order valence-corrected chi connectivity index (χ2v) is 11.0. The highest BCUT2D eigenvalue weighted by molar-refractivity contribution is 7.65. The van der Waals surface area contributed by atoms with Crippen LogP contribution in [0.3, 0.4) is 0 Å². The minimum atomic E-state index is -2.68. The normalized spacial score (nSPS) is 14.1. The van der Waals surface area contributed by atoms with Crippen LogP contribution in [0.15, 0.2) is 0 Å². The summed E-state index contributed by atoms with van der Waals surface area (Å²) in [6, 6.07) is 0. The van der Waals surface area contributed by atoms with Crippen LogP contribution in [0.2, 0.25) is 0 Å². The van der Waals surface area contributed by atoms with Crippen molar-refractivity contribution < 1.29 is 18.8 Å². The van der Waals surface area contributed by atoms with Crippen LogP contribution in [-0.2, 0) is 18.8 Å². The van der Waals surface area contributed by atoms with Crippen molar-refractivity contribution >= 4 is 13.0 Å². The van der Waals surface area contributed by atoms with Crippen molar-refractivity contribution in [1.82, 2.24) is 4.90 Å². The van der Waals surface area contributed by atoms with Gasteiger partial charge in [0.25, 0.3) is 0 Å². The first-order valence-corrected chi connectivity index (χ1v) is 12.9. The summed E-state index contributed by atoms with van der Waals surface area (Å²) in [5.74, 6) is -0.0651. The zero-order valence-electron chi connectivity index (χ0n) is 18.7. The first-order chi connectivity index (χ1) is 12.9. The maximum absolute atomic E-state index is 14.5. The largest absolute Gasteiger partial charge is 0.382 e. The molecule has 162 valence electrons. The Morgan fingerprint density at radius 2 is 1.44 bits per heavy atom. The Labute approximate surface area is 167 Å². The fourth-order valence-corrected chi connectivity index (χ4v) is 8.25. The van der Waals surface area contributed by atoms with E-state index in [1.807, 2.05) is 4.90 Å². The lowest BCUT2D eigenvalue weighted by Gasteiger charge is -2.49. The Bertz CT molecular complexity index is 424. The number of methoxy groups -OCH3 is 2. The molecule has 0 radical (unpaired) electrons. The Kier molecular flexibility index (Phi) is 14.4. The Morgan fingerprint density at radius 3 is 1.85 bits per heavy atom. The third-order valence-corrected chi connectivity index (χ3v) is 9.53. The summed E-state index contributed by atoms with van der Waals surface area (Å²) in [6.45, 7) is 9.47. The van der Waals surface area contributed by atoms with Crippen molar-refractivity contribution in [2.75, 3.05) is 46.3 Å². The number of unbranched alkanes of at least 4 members (excludes halogenated alkanes) is 3. The lowest BCUT2D eigenvalue weighted by atomic mass is 10.1. The summed E-state index contributed by atoms with van der Waals surface area (Å²) in [5.41, 5.74) is 0. The van der Waals surface area contributed by atoms with E-state index in [0.717, 1.165) is 44.9 Å². The lowest BCUT2D eigenvalue weighted by molar-refractivity contribution is -0.141. The SMILES string of the molecule is CCCCN(C(=O)COC)C(CCC)(COC)P(=O)(CCCC)CCCC. The third kappa shape index (κ3) is 7.51. The molecule has 0 rings (SSSR count). The van der Waals surface area contributed by atoms with Crippen molar-refractivity contribution in [2.45, 2.75) is 84.3 Å². The first kappa shape index (κ1) is 26.6. The molecule has 0 aromatic rings. The van der Waals surface area contributed by atoms with Crippen LogP contribution in [0, 0.1) is 0 Å². The molecule has 0 heterocycles. The zero-order chi connectivity index (χ0) is 20.8. The average molecular weight is 406 g/mol. The quantitative estimate of drug-likeness (QED) is 0.305. The molecule has 6 heteroatoms. The summed E-state index contributed by atoms with van der Waals surface area (Å²) in [4.78, 5) is 15.0. The van der Waals surface area contributed by atoms with Gasteiger partial charge in [-0.1, -0.05) is 53.4 Å². The van der Waals surface area contributed by atoms with Gasteiger partial charge in [0, 0.05) is 33.1 Å². The van der Waals surface area contributed by atoms with Crippen LogP contribution in [0.5, 0.6) is 0 Å². The average Bonchev–Trinajstić information content (AvgIpc) is 2.65. The number of hydrogen-bond acceptors (Lipinski definition) is 4. The molecule has 0 spiro atoms. The maximum Gasteiger partial charge on any atom is 0.249 e. The van der Waals surface area contributed by atoms with Crippen LogP contribution >= 0.6 is 7.14 Å². The molecule has 1 unspecified atom stereocenters. The first-order valence-electron chi connectivity index (χ1n) is 10.8. The molecule has 0 aromatic carbocycles. The van der Waals surface area contributed by atoms with Crippen LogP contribution in [0.1, 0.15) is 79.1 Å². The predicted molar refractivity (Wildman–Crippen MR) is 115 cm³/mol. The monoisotopic (exact) mass is 405 g/mol. The molecule has 0 aliphatic heterocycles.